The van der Waals surface area contributed by atoms with Gasteiger partial charge in [0.2, 0.25) is 0 Å². The summed E-state index contributed by atoms with van der Waals surface area (Å²) in [7, 11) is 0. The molecule has 1 aliphatic rings. The third kappa shape index (κ3) is 2.40. The summed E-state index contributed by atoms with van der Waals surface area (Å²) < 4.78 is 39.1. The maximum Gasteiger partial charge on any atom is 0.573 e. The standard InChI is InChI=1S/C10H8F3O/c11-10(12,13)14-9-5-3-8(4-6-9)7-1-2-7/h3,5-7H,1-2H2. The summed E-state index contributed by atoms with van der Waals surface area (Å²) >= 11 is 0. The lowest BCUT2D eigenvalue weighted by Crippen LogP contribution is -2.17. The van der Waals surface area contributed by atoms with E-state index in [0.717, 1.165) is 18.4 Å². The van der Waals surface area contributed by atoms with Gasteiger partial charge in [0.1, 0.15) is 5.75 Å². The summed E-state index contributed by atoms with van der Waals surface area (Å²) in [6.45, 7) is 0. The van der Waals surface area contributed by atoms with Gasteiger partial charge in [-0.1, -0.05) is 6.07 Å². The minimum Gasteiger partial charge on any atom is -0.406 e. The Labute approximate surface area is 79.5 Å². The van der Waals surface area contributed by atoms with Crippen molar-refractivity contribution >= 4 is 0 Å². The zero-order valence-corrected chi connectivity index (χ0v) is 7.27. The summed E-state index contributed by atoms with van der Waals surface area (Å²) in [5.41, 5.74) is 0.972. The molecule has 1 nitrogen and oxygen atoms in total. The van der Waals surface area contributed by atoms with Crippen LogP contribution in [0.5, 0.6) is 5.75 Å². The molecule has 1 saturated carbocycles. The molecule has 0 N–H and O–H groups in total. The van der Waals surface area contributed by atoms with E-state index in [2.05, 4.69) is 10.8 Å². The minimum atomic E-state index is -4.62. The molecule has 0 amide bonds. The Morgan fingerprint density at radius 2 is 2.00 bits per heavy atom. The fourth-order valence-corrected chi connectivity index (χ4v) is 1.27. The van der Waals surface area contributed by atoms with E-state index in [-0.39, 0.29) is 5.75 Å². The Kier molecular flexibility index (Phi) is 2.13. The van der Waals surface area contributed by atoms with Crippen molar-refractivity contribution in [2.24, 2.45) is 0 Å². The molecule has 0 bridgehead atoms. The molecule has 1 aromatic rings. The SMILES string of the molecule is FC(F)(F)Oc1c[c]c(C2CC2)cc1. The van der Waals surface area contributed by atoms with Gasteiger partial charge in [-0.3, -0.25) is 0 Å². The Morgan fingerprint density at radius 3 is 2.43 bits per heavy atom. The molecule has 0 unspecified atom stereocenters. The average molecular weight is 201 g/mol. The Morgan fingerprint density at radius 1 is 1.29 bits per heavy atom. The van der Waals surface area contributed by atoms with Crippen LogP contribution in [0, 0.1) is 6.07 Å². The van der Waals surface area contributed by atoms with Gasteiger partial charge in [-0.05, 0) is 42.5 Å². The highest BCUT2D eigenvalue weighted by Crippen LogP contribution is 2.40. The van der Waals surface area contributed by atoms with Gasteiger partial charge in [0, 0.05) is 0 Å². The van der Waals surface area contributed by atoms with Gasteiger partial charge in [-0.15, -0.1) is 13.2 Å². The molecule has 0 heterocycles. The number of halogens is 3. The highest BCUT2D eigenvalue weighted by atomic mass is 19.4. The molecule has 0 aliphatic heterocycles. The number of hydrogen-bond acceptors (Lipinski definition) is 1. The molecule has 0 saturated heterocycles. The summed E-state index contributed by atoms with van der Waals surface area (Å²) in [5.74, 6) is 0.289. The molecule has 1 radical (unpaired) electrons. The van der Waals surface area contributed by atoms with Crippen LogP contribution in [-0.2, 0) is 0 Å². The molecule has 0 spiro atoms. The predicted octanol–water partition coefficient (Wildman–Crippen LogP) is 3.26. The molecule has 14 heavy (non-hydrogen) atoms. The van der Waals surface area contributed by atoms with Gasteiger partial charge in [0.25, 0.3) is 0 Å². The maximum atomic E-state index is 11.8. The lowest BCUT2D eigenvalue weighted by molar-refractivity contribution is -0.274. The lowest BCUT2D eigenvalue weighted by Gasteiger charge is -2.08. The van der Waals surface area contributed by atoms with Gasteiger partial charge in [-0.2, -0.15) is 0 Å². The number of hydrogen-bond donors (Lipinski definition) is 0. The predicted molar refractivity (Wildman–Crippen MR) is 43.9 cm³/mol. The van der Waals surface area contributed by atoms with Crippen molar-refractivity contribution in [3.8, 4) is 5.75 Å². The van der Waals surface area contributed by atoms with Crippen molar-refractivity contribution in [3.05, 3.63) is 29.8 Å². The lowest BCUT2D eigenvalue weighted by atomic mass is 10.1. The summed E-state index contributed by atoms with van der Waals surface area (Å²) in [5, 5.41) is 0. The van der Waals surface area contributed by atoms with Crippen LogP contribution in [0.1, 0.15) is 24.3 Å². The van der Waals surface area contributed by atoms with Crippen LogP contribution in [0.3, 0.4) is 0 Å². The van der Waals surface area contributed by atoms with Crippen LogP contribution in [-0.4, -0.2) is 6.36 Å². The van der Waals surface area contributed by atoms with Gasteiger partial charge in [0.05, 0.1) is 0 Å². The number of ether oxygens (including phenoxy) is 1. The fraction of sp³-hybridized carbons (Fsp3) is 0.400. The number of benzene rings is 1. The zero-order chi connectivity index (χ0) is 10.2. The first kappa shape index (κ1) is 9.37. The van der Waals surface area contributed by atoms with Gasteiger partial charge in [0.15, 0.2) is 0 Å². The topological polar surface area (TPSA) is 9.23 Å². The molecular weight excluding hydrogens is 193 g/mol. The van der Waals surface area contributed by atoms with Crippen LogP contribution in [0.15, 0.2) is 18.2 Å². The van der Waals surface area contributed by atoms with Gasteiger partial charge >= 0.3 is 6.36 Å². The van der Waals surface area contributed by atoms with Crippen molar-refractivity contribution < 1.29 is 17.9 Å². The van der Waals surface area contributed by atoms with Crippen LogP contribution >= 0.6 is 0 Å². The second-order valence-electron chi connectivity index (χ2n) is 3.30. The molecule has 1 fully saturated rings. The number of rotatable bonds is 2. The first-order valence-corrected chi connectivity index (χ1v) is 4.32. The first-order valence-electron chi connectivity index (χ1n) is 4.32. The van der Waals surface area contributed by atoms with E-state index in [0.29, 0.717) is 5.92 Å². The van der Waals surface area contributed by atoms with Crippen LogP contribution in [0.2, 0.25) is 0 Å². The van der Waals surface area contributed by atoms with Gasteiger partial charge < -0.3 is 4.74 Å². The van der Waals surface area contributed by atoms with Crippen molar-refractivity contribution in [2.75, 3.05) is 0 Å². The van der Waals surface area contributed by atoms with Crippen molar-refractivity contribution in [3.63, 3.8) is 0 Å². The molecule has 1 aromatic carbocycles. The molecule has 0 atom stereocenters. The molecule has 1 aliphatic carbocycles. The highest BCUT2D eigenvalue weighted by molar-refractivity contribution is 5.30. The Balaban J connectivity index is 2.06. The molecular formula is C10H8F3O. The van der Waals surface area contributed by atoms with Crippen LogP contribution in [0.25, 0.3) is 0 Å². The Hall–Kier alpha value is -1.19. The van der Waals surface area contributed by atoms with Crippen LogP contribution < -0.4 is 4.74 Å². The number of alkyl halides is 3. The van der Waals surface area contributed by atoms with E-state index < -0.39 is 6.36 Å². The summed E-state index contributed by atoms with van der Waals surface area (Å²) in [4.78, 5) is 0. The maximum absolute atomic E-state index is 11.8. The summed E-state index contributed by atoms with van der Waals surface area (Å²) in [6.07, 6.45) is -2.40. The third-order valence-corrected chi connectivity index (χ3v) is 2.06. The van der Waals surface area contributed by atoms with Crippen molar-refractivity contribution in [1.82, 2.24) is 0 Å². The molecule has 2 rings (SSSR count). The van der Waals surface area contributed by atoms with E-state index in [1.54, 1.807) is 6.07 Å². The van der Waals surface area contributed by atoms with E-state index >= 15 is 0 Å². The van der Waals surface area contributed by atoms with Crippen LogP contribution in [0.4, 0.5) is 13.2 Å². The van der Waals surface area contributed by atoms with E-state index in [4.69, 9.17) is 0 Å². The van der Waals surface area contributed by atoms with Crippen molar-refractivity contribution in [2.45, 2.75) is 25.1 Å². The highest BCUT2D eigenvalue weighted by Gasteiger charge is 2.31. The minimum absolute atomic E-state index is 0.207. The molecule has 4 heteroatoms. The third-order valence-electron chi connectivity index (χ3n) is 2.06. The smallest absolute Gasteiger partial charge is 0.406 e. The van der Waals surface area contributed by atoms with E-state index in [9.17, 15) is 13.2 Å². The first-order chi connectivity index (χ1) is 6.54. The fourth-order valence-electron chi connectivity index (χ4n) is 1.27. The monoisotopic (exact) mass is 201 g/mol. The Bertz CT molecular complexity index is 311. The largest absolute Gasteiger partial charge is 0.573 e. The van der Waals surface area contributed by atoms with E-state index in [1.165, 1.54) is 12.1 Å². The van der Waals surface area contributed by atoms with E-state index in [1.807, 2.05) is 0 Å². The normalized spacial score (nSPS) is 16.8. The second kappa shape index (κ2) is 3.19. The molecule has 0 aromatic heterocycles. The average Bonchev–Trinajstić information content (AvgIpc) is 2.85. The summed E-state index contributed by atoms with van der Waals surface area (Å²) in [6, 6.07) is 7.00. The quantitative estimate of drug-likeness (QED) is 0.713. The zero-order valence-electron chi connectivity index (χ0n) is 7.27. The van der Waals surface area contributed by atoms with Gasteiger partial charge in [-0.25, -0.2) is 0 Å². The molecule has 75 valence electrons. The van der Waals surface area contributed by atoms with Crippen molar-refractivity contribution in [1.29, 1.82) is 0 Å². The second-order valence-corrected chi connectivity index (χ2v) is 3.30.